The number of hydrogen-bond donors (Lipinski definition) is 1. The number of nitrogens with one attached hydrogen (secondary N) is 1. The molecule has 1 aliphatic rings. The van der Waals surface area contributed by atoms with Crippen molar-refractivity contribution >= 4 is 11.9 Å². The summed E-state index contributed by atoms with van der Waals surface area (Å²) in [4.78, 5) is 42.4. The van der Waals surface area contributed by atoms with Crippen molar-refractivity contribution in [3.63, 3.8) is 0 Å². The highest BCUT2D eigenvalue weighted by molar-refractivity contribution is 6.00. The summed E-state index contributed by atoms with van der Waals surface area (Å²) < 4.78 is 50.1. The molecular weight excluding hydrogens is 615 g/mol. The third kappa shape index (κ3) is 7.15. The first kappa shape index (κ1) is 33.2. The molecule has 11 nitrogen and oxygen atoms in total. The van der Waals surface area contributed by atoms with Crippen molar-refractivity contribution in [1.82, 2.24) is 29.4 Å². The van der Waals surface area contributed by atoms with E-state index in [4.69, 9.17) is 4.74 Å². The second-order valence-corrected chi connectivity index (χ2v) is 11.7. The van der Waals surface area contributed by atoms with Crippen LogP contribution in [0.4, 0.5) is 13.2 Å². The maximum atomic E-state index is 14.0. The molecule has 0 unspecified atom stereocenters. The molecule has 1 N–H and O–H groups in total. The number of benzene rings is 2. The van der Waals surface area contributed by atoms with Crippen LogP contribution in [0.25, 0.3) is 22.8 Å². The van der Waals surface area contributed by atoms with Crippen molar-refractivity contribution in [2.45, 2.75) is 37.9 Å². The summed E-state index contributed by atoms with van der Waals surface area (Å²) in [6, 6.07) is 14.1. The lowest BCUT2D eigenvalue weighted by atomic mass is 9.86. The minimum absolute atomic E-state index is 0.0784. The van der Waals surface area contributed by atoms with Crippen LogP contribution in [0.5, 0.6) is 0 Å². The Labute approximate surface area is 268 Å². The Morgan fingerprint density at radius 3 is 2.40 bits per heavy atom. The first-order valence-electron chi connectivity index (χ1n) is 15.1. The van der Waals surface area contributed by atoms with Crippen molar-refractivity contribution in [2.75, 3.05) is 27.2 Å². The Morgan fingerprint density at radius 2 is 1.77 bits per heavy atom. The monoisotopic (exact) mass is 649 g/mol. The lowest BCUT2D eigenvalue weighted by Crippen LogP contribution is -2.41. The zero-order valence-electron chi connectivity index (χ0n) is 26.1. The minimum atomic E-state index is -4.65. The number of carbonyl (C=O) groups excluding carboxylic acids is 2. The highest BCUT2D eigenvalue weighted by atomic mass is 19.4. The number of likely N-dealkylation sites (N-methyl/N-ethyl adjacent to an activating group) is 1. The zero-order valence-corrected chi connectivity index (χ0v) is 26.1. The highest BCUT2D eigenvalue weighted by Crippen LogP contribution is 2.32. The van der Waals surface area contributed by atoms with Crippen molar-refractivity contribution in [2.24, 2.45) is 13.0 Å². The number of rotatable bonds is 9. The zero-order chi connectivity index (χ0) is 33.9. The van der Waals surface area contributed by atoms with E-state index < -0.39 is 23.2 Å². The molecule has 0 bridgehead atoms. The van der Waals surface area contributed by atoms with Gasteiger partial charge in [0, 0.05) is 19.6 Å². The van der Waals surface area contributed by atoms with E-state index in [1.165, 1.54) is 34.7 Å². The minimum Gasteiger partial charge on any atom is -0.464 e. The molecule has 4 aromatic rings. The Balaban J connectivity index is 1.50. The van der Waals surface area contributed by atoms with Crippen LogP contribution in [0.15, 0.2) is 65.6 Å². The van der Waals surface area contributed by atoms with Gasteiger partial charge >= 0.3 is 12.1 Å². The number of nitrogens with zero attached hydrogens (tertiary/aromatic N) is 6. The number of ether oxygens (including phenoxy) is 1. The van der Waals surface area contributed by atoms with E-state index in [0.29, 0.717) is 49.2 Å². The lowest BCUT2D eigenvalue weighted by molar-refractivity contribution is -0.150. The summed E-state index contributed by atoms with van der Waals surface area (Å²) in [6.07, 6.45) is -1.24. The quantitative estimate of drug-likeness (QED) is 0.268. The molecule has 0 saturated heterocycles. The molecule has 47 heavy (non-hydrogen) atoms. The molecule has 2 heterocycles. The summed E-state index contributed by atoms with van der Waals surface area (Å²) in [7, 11) is 5.25. The van der Waals surface area contributed by atoms with Gasteiger partial charge in [-0.25, -0.2) is 9.36 Å². The fourth-order valence-electron chi connectivity index (χ4n) is 5.75. The average Bonchev–Trinajstić information content (AvgIpc) is 3.62. The van der Waals surface area contributed by atoms with Crippen LogP contribution in [-0.4, -0.2) is 69.2 Å². The first-order valence-corrected chi connectivity index (χ1v) is 15.1. The van der Waals surface area contributed by atoms with Gasteiger partial charge in [0.25, 0.3) is 11.5 Å². The third-order valence-corrected chi connectivity index (χ3v) is 8.22. The van der Waals surface area contributed by atoms with Crippen LogP contribution in [0.1, 0.15) is 47.2 Å². The van der Waals surface area contributed by atoms with E-state index in [2.05, 4.69) is 10.4 Å². The number of hydrogen-bond acceptors (Lipinski definition) is 7. The molecule has 1 aliphatic carbocycles. The standard InChI is InChI=1S/C33H34F3N7O4/c1-40(2)17-18-47-32(46)22-9-11-24(12-10-22)39-30(44)28-29(27-15-16-38-42(27)25-13-7-21(20-37)8-14-25)41(3)43(31(28)45)26-6-4-5-23(19-26)33(34,35)36/h4-8,13-16,19,22,24H,9-12,17-18H2,1-3H3,(H,39,44). The second-order valence-electron chi connectivity index (χ2n) is 11.7. The van der Waals surface area contributed by atoms with Crippen LogP contribution < -0.4 is 10.9 Å². The highest BCUT2D eigenvalue weighted by Gasteiger charge is 2.34. The van der Waals surface area contributed by atoms with Gasteiger partial charge in [-0.05, 0) is 88.3 Å². The van der Waals surface area contributed by atoms with Crippen molar-refractivity contribution < 1.29 is 27.5 Å². The number of nitriles is 1. The summed E-state index contributed by atoms with van der Waals surface area (Å²) >= 11 is 0. The van der Waals surface area contributed by atoms with Gasteiger partial charge in [-0.15, -0.1) is 0 Å². The first-order chi connectivity index (χ1) is 22.4. The number of carbonyl (C=O) groups is 2. The molecule has 0 atom stereocenters. The topological polar surface area (TPSA) is 127 Å². The van der Waals surface area contributed by atoms with Crippen molar-refractivity contribution in [1.29, 1.82) is 5.26 Å². The van der Waals surface area contributed by atoms with Crippen LogP contribution in [0.3, 0.4) is 0 Å². The smallest absolute Gasteiger partial charge is 0.416 e. The molecule has 5 rings (SSSR count). The molecule has 246 valence electrons. The van der Waals surface area contributed by atoms with Crippen molar-refractivity contribution in [3.05, 3.63) is 87.8 Å². The van der Waals surface area contributed by atoms with Crippen LogP contribution in [0.2, 0.25) is 0 Å². The van der Waals surface area contributed by atoms with Gasteiger partial charge in [0.15, 0.2) is 0 Å². The summed E-state index contributed by atoms with van der Waals surface area (Å²) in [5, 5.41) is 16.5. The third-order valence-electron chi connectivity index (χ3n) is 8.22. The molecule has 14 heteroatoms. The van der Waals surface area contributed by atoms with E-state index in [-0.39, 0.29) is 41.5 Å². The molecule has 1 fully saturated rings. The summed E-state index contributed by atoms with van der Waals surface area (Å²) in [5.74, 6) is -1.27. The molecule has 2 aromatic carbocycles. The largest absolute Gasteiger partial charge is 0.464 e. The average molecular weight is 650 g/mol. The fourth-order valence-corrected chi connectivity index (χ4v) is 5.75. The summed E-state index contributed by atoms with van der Waals surface area (Å²) in [5.41, 5.74) is -0.705. The maximum absolute atomic E-state index is 14.0. The predicted octanol–water partition coefficient (Wildman–Crippen LogP) is 4.31. The van der Waals surface area contributed by atoms with Crippen LogP contribution in [0, 0.1) is 17.2 Å². The second kappa shape index (κ2) is 13.7. The lowest BCUT2D eigenvalue weighted by Gasteiger charge is -2.28. The maximum Gasteiger partial charge on any atom is 0.416 e. The Bertz CT molecular complexity index is 1860. The number of halogens is 3. The predicted molar refractivity (Wildman–Crippen MR) is 166 cm³/mol. The van der Waals surface area contributed by atoms with Gasteiger partial charge in [-0.3, -0.25) is 19.1 Å². The molecule has 0 aliphatic heterocycles. The normalized spacial score (nSPS) is 16.6. The molecule has 0 spiro atoms. The van der Waals surface area contributed by atoms with E-state index in [9.17, 15) is 32.8 Å². The Morgan fingerprint density at radius 1 is 1.06 bits per heavy atom. The molecule has 1 amide bonds. The van der Waals surface area contributed by atoms with Crippen molar-refractivity contribution in [3.8, 4) is 28.8 Å². The van der Waals surface area contributed by atoms with Crippen LogP contribution in [-0.2, 0) is 22.8 Å². The van der Waals surface area contributed by atoms with E-state index in [1.807, 2.05) is 25.1 Å². The Kier molecular flexibility index (Phi) is 9.67. The van der Waals surface area contributed by atoms with E-state index in [0.717, 1.165) is 16.8 Å². The SMILES string of the molecule is CN(C)CCOC(=O)C1CCC(NC(=O)c2c(-c3ccnn3-c3ccc(C#N)cc3)n(C)n(-c3cccc(C(F)(F)F)c3)c2=O)CC1. The van der Waals surface area contributed by atoms with Crippen LogP contribution >= 0.6 is 0 Å². The van der Waals surface area contributed by atoms with Gasteiger partial charge in [0.05, 0.1) is 46.4 Å². The molecule has 2 aromatic heterocycles. The molecule has 1 saturated carbocycles. The van der Waals surface area contributed by atoms with Gasteiger partial charge in [-0.1, -0.05) is 6.07 Å². The molecular formula is C33H34F3N7O4. The van der Waals surface area contributed by atoms with E-state index in [1.54, 1.807) is 30.3 Å². The number of amides is 1. The summed E-state index contributed by atoms with van der Waals surface area (Å²) in [6.45, 7) is 0.898. The van der Waals surface area contributed by atoms with Gasteiger partial charge in [0.1, 0.15) is 17.9 Å². The van der Waals surface area contributed by atoms with Gasteiger partial charge < -0.3 is 15.0 Å². The fraction of sp³-hybridized carbons (Fsp3) is 0.364. The number of esters is 1. The molecule has 0 radical (unpaired) electrons. The van der Waals surface area contributed by atoms with Gasteiger partial charge in [0.2, 0.25) is 0 Å². The number of alkyl halides is 3. The van der Waals surface area contributed by atoms with Gasteiger partial charge in [-0.2, -0.15) is 23.5 Å². The Hall–Kier alpha value is -5.16. The van der Waals surface area contributed by atoms with E-state index >= 15 is 0 Å². The number of aromatic nitrogens is 4.